The minimum absolute atomic E-state index is 0.0228. The number of carbonyl (C=O) groups excluding carboxylic acids is 4. The molecule has 7 rings (SSSR count). The van der Waals surface area contributed by atoms with E-state index in [1.165, 1.54) is 0 Å². The maximum atomic E-state index is 12.9. The van der Waals surface area contributed by atoms with Gasteiger partial charge in [-0.25, -0.2) is 9.97 Å². The van der Waals surface area contributed by atoms with E-state index >= 15 is 0 Å². The highest BCUT2D eigenvalue weighted by Gasteiger charge is 2.35. The second kappa shape index (κ2) is 12.8. The normalized spacial score (nSPS) is 20.7. The number of hydrogen-bond acceptors (Lipinski definition) is 6. The average molecular weight is 623 g/mol. The summed E-state index contributed by atoms with van der Waals surface area (Å²) in [6.45, 7) is 1.35. The standard InChI is InChI=1S/C34H38N8O4/c43-29(19-37-33(45)23-10-11-23)41-15-1-3-27(41)31-35-17-25(39-31)14-7-21-5-8-22(9-6-21)26-18-36-32(40-26)28-4-2-16-42(28)30(44)20-38-34(46)24-12-13-24/h5-6,8-9,17-18,23-24,27-28H,1-4,10-13,15-16,19-20H2,(H,35,39)(H,36,40)(H,37,45)(H,38,46)/t27-,28-/m0/s1. The molecule has 0 spiro atoms. The van der Waals surface area contributed by atoms with Crippen molar-refractivity contribution in [2.24, 2.45) is 11.8 Å². The fraction of sp³-hybridized carbons (Fsp3) is 0.471. The van der Waals surface area contributed by atoms with Gasteiger partial charge in [0.2, 0.25) is 23.6 Å². The van der Waals surface area contributed by atoms with Crippen LogP contribution in [0.1, 0.15) is 86.4 Å². The van der Waals surface area contributed by atoms with E-state index in [9.17, 15) is 19.2 Å². The zero-order valence-corrected chi connectivity index (χ0v) is 25.7. The molecule has 2 saturated carbocycles. The topological polar surface area (TPSA) is 156 Å². The van der Waals surface area contributed by atoms with Crippen molar-refractivity contribution in [2.75, 3.05) is 26.2 Å². The zero-order chi connectivity index (χ0) is 31.6. The van der Waals surface area contributed by atoms with Gasteiger partial charge in [0, 0.05) is 30.5 Å². The summed E-state index contributed by atoms with van der Waals surface area (Å²) in [5.41, 5.74) is 3.32. The van der Waals surface area contributed by atoms with Crippen molar-refractivity contribution in [2.45, 2.75) is 63.5 Å². The third-order valence-corrected chi connectivity index (χ3v) is 9.23. The summed E-state index contributed by atoms with van der Waals surface area (Å²) in [6.07, 6.45) is 10.5. The van der Waals surface area contributed by atoms with Crippen LogP contribution in [0.2, 0.25) is 0 Å². The molecule has 3 aromatic rings. The lowest BCUT2D eigenvalue weighted by molar-refractivity contribution is -0.134. The van der Waals surface area contributed by atoms with E-state index in [0.29, 0.717) is 24.6 Å². The molecule has 4 fully saturated rings. The fourth-order valence-electron chi connectivity index (χ4n) is 6.30. The van der Waals surface area contributed by atoms with Crippen LogP contribution in [0.25, 0.3) is 11.3 Å². The van der Waals surface area contributed by atoms with Crippen molar-refractivity contribution in [1.82, 2.24) is 40.4 Å². The summed E-state index contributed by atoms with van der Waals surface area (Å²) in [4.78, 5) is 69.0. The van der Waals surface area contributed by atoms with E-state index in [2.05, 4.69) is 42.4 Å². The van der Waals surface area contributed by atoms with E-state index in [1.807, 2.05) is 29.2 Å². The van der Waals surface area contributed by atoms with Crippen LogP contribution < -0.4 is 10.6 Å². The van der Waals surface area contributed by atoms with Gasteiger partial charge >= 0.3 is 0 Å². The third kappa shape index (κ3) is 6.68. The number of aromatic nitrogens is 4. The Hall–Kier alpha value is -4.92. The van der Waals surface area contributed by atoms with E-state index in [4.69, 9.17) is 0 Å². The SMILES string of the molecule is O=C(NCC(=O)N1CCC[C@H]1c1ncc(C#Cc2ccc(-c3cnc([C@@H]4CCCN4C(=O)CNC(=O)C4CC4)[nH]3)cc2)[nH]1)C1CC1. The van der Waals surface area contributed by atoms with Crippen molar-refractivity contribution in [1.29, 1.82) is 0 Å². The van der Waals surface area contributed by atoms with Gasteiger partial charge in [-0.2, -0.15) is 0 Å². The Labute approximate surface area is 267 Å². The molecule has 2 aliphatic carbocycles. The Morgan fingerprint density at radius 3 is 1.83 bits per heavy atom. The maximum absolute atomic E-state index is 12.9. The summed E-state index contributed by atoms with van der Waals surface area (Å²) in [5, 5.41) is 5.55. The lowest BCUT2D eigenvalue weighted by Gasteiger charge is -2.23. The number of benzene rings is 1. The van der Waals surface area contributed by atoms with E-state index in [-0.39, 0.29) is 60.6 Å². The molecule has 4 heterocycles. The molecule has 2 aliphatic heterocycles. The van der Waals surface area contributed by atoms with Crippen LogP contribution in [0, 0.1) is 23.7 Å². The molecule has 0 unspecified atom stereocenters. The number of H-pyrrole nitrogens is 2. The summed E-state index contributed by atoms with van der Waals surface area (Å²) in [6, 6.07) is 7.57. The van der Waals surface area contributed by atoms with Gasteiger partial charge in [-0.3, -0.25) is 19.2 Å². The molecule has 4 amide bonds. The Morgan fingerprint density at radius 1 is 0.717 bits per heavy atom. The van der Waals surface area contributed by atoms with E-state index in [1.54, 1.807) is 17.3 Å². The lowest BCUT2D eigenvalue weighted by Crippen LogP contribution is -2.40. The predicted molar refractivity (Wildman–Crippen MR) is 167 cm³/mol. The smallest absolute Gasteiger partial charge is 0.242 e. The van der Waals surface area contributed by atoms with Crippen LogP contribution in [0.5, 0.6) is 0 Å². The maximum Gasteiger partial charge on any atom is 0.242 e. The first kappa shape index (κ1) is 29.8. The Morgan fingerprint density at radius 2 is 1.26 bits per heavy atom. The van der Waals surface area contributed by atoms with Crippen LogP contribution in [0.4, 0.5) is 0 Å². The third-order valence-electron chi connectivity index (χ3n) is 9.23. The number of rotatable bonds is 9. The molecule has 12 heteroatoms. The van der Waals surface area contributed by atoms with Crippen LogP contribution >= 0.6 is 0 Å². The van der Waals surface area contributed by atoms with Gasteiger partial charge in [-0.15, -0.1) is 0 Å². The number of carbonyl (C=O) groups is 4. The number of imidazole rings is 2. The first-order valence-corrected chi connectivity index (χ1v) is 16.3. The predicted octanol–water partition coefficient (Wildman–Crippen LogP) is 2.58. The van der Waals surface area contributed by atoms with Crippen molar-refractivity contribution in [3.05, 3.63) is 59.6 Å². The lowest BCUT2D eigenvalue weighted by atomic mass is 10.1. The minimum atomic E-state index is -0.151. The minimum Gasteiger partial charge on any atom is -0.347 e. The van der Waals surface area contributed by atoms with Gasteiger partial charge in [0.1, 0.15) is 17.3 Å². The molecule has 238 valence electrons. The molecular weight excluding hydrogens is 584 g/mol. The van der Waals surface area contributed by atoms with Crippen LogP contribution in [0.3, 0.4) is 0 Å². The largest absolute Gasteiger partial charge is 0.347 e. The van der Waals surface area contributed by atoms with Gasteiger partial charge < -0.3 is 30.4 Å². The van der Waals surface area contributed by atoms with Gasteiger partial charge in [-0.05, 0) is 75.0 Å². The summed E-state index contributed by atoms with van der Waals surface area (Å²) in [7, 11) is 0. The van der Waals surface area contributed by atoms with Crippen LogP contribution in [-0.2, 0) is 19.2 Å². The van der Waals surface area contributed by atoms with Gasteiger partial charge in [0.15, 0.2) is 0 Å². The Bertz CT molecular complexity index is 1690. The molecule has 2 saturated heterocycles. The summed E-state index contributed by atoms with van der Waals surface area (Å²) in [5.74, 6) is 7.71. The number of nitrogens with one attached hydrogen (secondary N) is 4. The monoisotopic (exact) mass is 622 g/mol. The molecule has 4 aliphatic rings. The van der Waals surface area contributed by atoms with Gasteiger partial charge in [-0.1, -0.05) is 18.1 Å². The van der Waals surface area contributed by atoms with Gasteiger partial charge in [0.05, 0.1) is 43.3 Å². The van der Waals surface area contributed by atoms with Crippen molar-refractivity contribution >= 4 is 23.6 Å². The second-order valence-corrected chi connectivity index (χ2v) is 12.7. The Balaban J connectivity index is 0.945. The highest BCUT2D eigenvalue weighted by atomic mass is 16.2. The Kier molecular flexibility index (Phi) is 8.30. The van der Waals surface area contributed by atoms with Crippen LogP contribution in [0.15, 0.2) is 36.7 Å². The molecule has 1 aromatic carbocycles. The highest BCUT2D eigenvalue weighted by Crippen LogP contribution is 2.33. The summed E-state index contributed by atoms with van der Waals surface area (Å²) >= 11 is 0. The fourth-order valence-corrected chi connectivity index (χ4v) is 6.30. The quantitative estimate of drug-likeness (QED) is 0.269. The first-order chi connectivity index (χ1) is 22.4. The van der Waals surface area contributed by atoms with Gasteiger partial charge in [0.25, 0.3) is 0 Å². The van der Waals surface area contributed by atoms with Crippen molar-refractivity contribution < 1.29 is 19.2 Å². The highest BCUT2D eigenvalue weighted by molar-refractivity contribution is 5.88. The molecule has 0 bridgehead atoms. The van der Waals surface area contributed by atoms with E-state index in [0.717, 1.165) is 74.0 Å². The number of nitrogens with zero attached hydrogens (tertiary/aromatic N) is 4. The molecule has 0 radical (unpaired) electrons. The number of amides is 4. The number of hydrogen-bond donors (Lipinski definition) is 4. The molecule has 46 heavy (non-hydrogen) atoms. The zero-order valence-electron chi connectivity index (χ0n) is 25.7. The molecule has 4 N–H and O–H groups in total. The van der Waals surface area contributed by atoms with Crippen molar-refractivity contribution in [3.63, 3.8) is 0 Å². The molecular formula is C34H38N8O4. The summed E-state index contributed by atoms with van der Waals surface area (Å²) < 4.78 is 0. The molecule has 12 nitrogen and oxygen atoms in total. The molecule has 2 aromatic heterocycles. The van der Waals surface area contributed by atoms with E-state index < -0.39 is 0 Å². The number of likely N-dealkylation sites (tertiary alicyclic amines) is 2. The first-order valence-electron chi connectivity index (χ1n) is 16.3. The van der Waals surface area contributed by atoms with Crippen LogP contribution in [-0.4, -0.2) is 79.5 Å². The second-order valence-electron chi connectivity index (χ2n) is 12.7. The van der Waals surface area contributed by atoms with Crippen molar-refractivity contribution in [3.8, 4) is 23.1 Å². The average Bonchev–Trinajstić information content (AvgIpc) is 3.83. The molecule has 2 atom stereocenters. The number of aromatic amines is 2.